The fraction of sp³-hybridized carbons (Fsp3) is 0.571. The molecule has 0 saturated carbocycles. The molecular formula is C14H21N3O3. The molecule has 6 heteroatoms. The highest BCUT2D eigenvalue weighted by atomic mass is 16.6. The van der Waals surface area contributed by atoms with Gasteiger partial charge in [-0.1, -0.05) is 0 Å². The number of likely N-dealkylation sites (tertiary alicyclic amines) is 1. The van der Waals surface area contributed by atoms with Crippen LogP contribution in [0.25, 0.3) is 0 Å². The summed E-state index contributed by atoms with van der Waals surface area (Å²) in [5.41, 5.74) is 0.793. The number of rotatable bonds is 7. The van der Waals surface area contributed by atoms with Gasteiger partial charge in [0.2, 0.25) is 0 Å². The van der Waals surface area contributed by atoms with Crippen molar-refractivity contribution in [3.63, 3.8) is 0 Å². The van der Waals surface area contributed by atoms with E-state index in [-0.39, 0.29) is 5.69 Å². The Balaban J connectivity index is 1.96. The van der Waals surface area contributed by atoms with Crippen molar-refractivity contribution >= 4 is 11.4 Å². The lowest BCUT2D eigenvalue weighted by Gasteiger charge is -2.15. The van der Waals surface area contributed by atoms with Crippen molar-refractivity contribution in [2.24, 2.45) is 0 Å². The van der Waals surface area contributed by atoms with Crippen molar-refractivity contribution in [2.75, 3.05) is 38.1 Å². The Morgan fingerprint density at radius 2 is 2.10 bits per heavy atom. The van der Waals surface area contributed by atoms with Crippen LogP contribution in [0.4, 0.5) is 11.4 Å². The molecule has 110 valence electrons. The van der Waals surface area contributed by atoms with Crippen LogP contribution in [0.3, 0.4) is 0 Å². The number of non-ortho nitro benzene ring substituents is 1. The summed E-state index contributed by atoms with van der Waals surface area (Å²) in [5.74, 6) is 0.533. The quantitative estimate of drug-likeness (QED) is 0.613. The molecule has 1 aliphatic heterocycles. The van der Waals surface area contributed by atoms with E-state index in [4.69, 9.17) is 4.74 Å². The average molecular weight is 279 g/mol. The molecule has 2 rings (SSSR count). The zero-order valence-electron chi connectivity index (χ0n) is 11.8. The van der Waals surface area contributed by atoms with E-state index in [9.17, 15) is 10.1 Å². The van der Waals surface area contributed by atoms with E-state index in [1.807, 2.05) is 6.92 Å². The predicted octanol–water partition coefficient (Wildman–Crippen LogP) is 2.50. The molecule has 1 aromatic carbocycles. The predicted molar refractivity (Wildman–Crippen MR) is 78.4 cm³/mol. The van der Waals surface area contributed by atoms with Crippen LogP contribution in [0, 0.1) is 10.1 Å². The Hall–Kier alpha value is -1.82. The molecule has 0 unspecified atom stereocenters. The zero-order valence-corrected chi connectivity index (χ0v) is 11.8. The molecule has 0 atom stereocenters. The van der Waals surface area contributed by atoms with Gasteiger partial charge < -0.3 is 15.0 Å². The third-order valence-corrected chi connectivity index (χ3v) is 3.37. The topological polar surface area (TPSA) is 67.6 Å². The summed E-state index contributed by atoms with van der Waals surface area (Å²) in [7, 11) is 0. The highest BCUT2D eigenvalue weighted by molar-refractivity contribution is 5.56. The maximum Gasteiger partial charge on any atom is 0.275 e. The summed E-state index contributed by atoms with van der Waals surface area (Å²) >= 11 is 0. The van der Waals surface area contributed by atoms with Crippen molar-refractivity contribution in [3.05, 3.63) is 28.3 Å². The zero-order chi connectivity index (χ0) is 14.4. The molecule has 1 aromatic rings. The second-order valence-electron chi connectivity index (χ2n) is 4.88. The second-order valence-corrected chi connectivity index (χ2v) is 4.88. The Morgan fingerprint density at radius 3 is 2.75 bits per heavy atom. The van der Waals surface area contributed by atoms with Crippen LogP contribution in [-0.2, 0) is 0 Å². The van der Waals surface area contributed by atoms with Crippen LogP contribution in [0.1, 0.15) is 19.8 Å². The van der Waals surface area contributed by atoms with Gasteiger partial charge in [-0.05, 0) is 32.9 Å². The maximum absolute atomic E-state index is 10.9. The number of nitrogens with one attached hydrogen (secondary N) is 1. The van der Waals surface area contributed by atoms with Gasteiger partial charge in [0.1, 0.15) is 5.75 Å². The first-order chi connectivity index (χ1) is 9.69. The fourth-order valence-electron chi connectivity index (χ4n) is 2.41. The standard InChI is InChI=1S/C14H21N3O3/c1-2-20-14-10-12(9-13(11-14)17(18)19)15-5-8-16-6-3-4-7-16/h9-11,15H,2-8H2,1H3. The maximum atomic E-state index is 10.9. The summed E-state index contributed by atoms with van der Waals surface area (Å²) in [4.78, 5) is 12.9. The van der Waals surface area contributed by atoms with E-state index < -0.39 is 4.92 Å². The molecule has 0 spiro atoms. The smallest absolute Gasteiger partial charge is 0.275 e. The Morgan fingerprint density at radius 1 is 1.35 bits per heavy atom. The molecular weight excluding hydrogens is 258 g/mol. The molecule has 1 saturated heterocycles. The van der Waals surface area contributed by atoms with E-state index in [0.29, 0.717) is 12.4 Å². The fourth-order valence-corrected chi connectivity index (χ4v) is 2.41. The first-order valence-electron chi connectivity index (χ1n) is 7.07. The number of ether oxygens (including phenoxy) is 1. The highest BCUT2D eigenvalue weighted by Gasteiger charge is 2.12. The van der Waals surface area contributed by atoms with Crippen molar-refractivity contribution in [3.8, 4) is 5.75 Å². The molecule has 0 radical (unpaired) electrons. The highest BCUT2D eigenvalue weighted by Crippen LogP contribution is 2.26. The lowest BCUT2D eigenvalue weighted by atomic mass is 10.2. The molecule has 0 amide bonds. The van der Waals surface area contributed by atoms with E-state index in [1.165, 1.54) is 18.9 Å². The lowest BCUT2D eigenvalue weighted by Crippen LogP contribution is -2.25. The van der Waals surface area contributed by atoms with Crippen LogP contribution in [0.2, 0.25) is 0 Å². The third kappa shape index (κ3) is 4.09. The van der Waals surface area contributed by atoms with E-state index >= 15 is 0 Å². The van der Waals surface area contributed by atoms with Gasteiger partial charge in [0, 0.05) is 30.9 Å². The molecule has 0 aliphatic carbocycles. The number of nitrogens with zero attached hydrogens (tertiary/aromatic N) is 2. The van der Waals surface area contributed by atoms with Crippen LogP contribution in [-0.4, -0.2) is 42.6 Å². The van der Waals surface area contributed by atoms with Gasteiger partial charge in [0.15, 0.2) is 0 Å². The normalized spacial score (nSPS) is 15.2. The minimum Gasteiger partial charge on any atom is -0.494 e. The van der Waals surface area contributed by atoms with Crippen LogP contribution in [0.15, 0.2) is 18.2 Å². The average Bonchev–Trinajstić information content (AvgIpc) is 2.92. The third-order valence-electron chi connectivity index (χ3n) is 3.37. The van der Waals surface area contributed by atoms with Gasteiger partial charge >= 0.3 is 0 Å². The molecule has 1 heterocycles. The summed E-state index contributed by atoms with van der Waals surface area (Å²) in [6.07, 6.45) is 2.54. The summed E-state index contributed by atoms with van der Waals surface area (Å²) in [6, 6.07) is 4.81. The minimum atomic E-state index is -0.395. The number of benzene rings is 1. The first-order valence-corrected chi connectivity index (χ1v) is 7.07. The number of hydrogen-bond acceptors (Lipinski definition) is 5. The van der Waals surface area contributed by atoms with Gasteiger partial charge in [-0.2, -0.15) is 0 Å². The summed E-state index contributed by atoms with van der Waals surface area (Å²) in [5, 5.41) is 14.1. The van der Waals surface area contributed by atoms with Gasteiger partial charge in [0.25, 0.3) is 5.69 Å². The SMILES string of the molecule is CCOc1cc(NCCN2CCCC2)cc([N+](=O)[O-])c1. The van der Waals surface area contributed by atoms with Crippen molar-refractivity contribution in [1.29, 1.82) is 0 Å². The molecule has 6 nitrogen and oxygen atoms in total. The summed E-state index contributed by atoms with van der Waals surface area (Å²) < 4.78 is 5.36. The van der Waals surface area contributed by atoms with E-state index in [2.05, 4.69) is 10.2 Å². The summed E-state index contributed by atoms with van der Waals surface area (Å²) in [6.45, 7) is 6.41. The molecule has 0 bridgehead atoms. The van der Waals surface area contributed by atoms with Crippen molar-refractivity contribution in [1.82, 2.24) is 4.90 Å². The molecule has 1 N–H and O–H groups in total. The Labute approximate surface area is 118 Å². The van der Waals surface area contributed by atoms with Gasteiger partial charge in [0.05, 0.1) is 17.6 Å². The number of anilines is 1. The van der Waals surface area contributed by atoms with Crippen LogP contribution in [0.5, 0.6) is 5.75 Å². The Kier molecular flexibility index (Phi) is 5.17. The molecule has 0 aromatic heterocycles. The molecule has 20 heavy (non-hydrogen) atoms. The first kappa shape index (κ1) is 14.6. The van der Waals surface area contributed by atoms with Gasteiger partial charge in [-0.25, -0.2) is 0 Å². The monoisotopic (exact) mass is 279 g/mol. The largest absolute Gasteiger partial charge is 0.494 e. The molecule has 1 fully saturated rings. The van der Waals surface area contributed by atoms with E-state index in [1.54, 1.807) is 12.1 Å². The van der Waals surface area contributed by atoms with Crippen molar-refractivity contribution < 1.29 is 9.66 Å². The van der Waals surface area contributed by atoms with Crippen molar-refractivity contribution in [2.45, 2.75) is 19.8 Å². The molecule has 1 aliphatic rings. The van der Waals surface area contributed by atoms with Gasteiger partial charge in [-0.15, -0.1) is 0 Å². The number of nitro groups is 1. The van der Waals surface area contributed by atoms with Crippen LogP contribution >= 0.6 is 0 Å². The van der Waals surface area contributed by atoms with Gasteiger partial charge in [-0.3, -0.25) is 10.1 Å². The van der Waals surface area contributed by atoms with Crippen LogP contribution < -0.4 is 10.1 Å². The second kappa shape index (κ2) is 7.09. The van der Waals surface area contributed by atoms with E-state index in [0.717, 1.165) is 31.9 Å². The number of hydrogen-bond donors (Lipinski definition) is 1. The number of nitro benzene ring substituents is 1. The lowest BCUT2D eigenvalue weighted by molar-refractivity contribution is -0.384. The Bertz CT molecular complexity index is 459. The minimum absolute atomic E-state index is 0.0552.